The molecule has 1 aliphatic heterocycles. The van der Waals surface area contributed by atoms with Gasteiger partial charge in [0.15, 0.2) is 5.76 Å². The minimum absolute atomic E-state index is 0.136. The van der Waals surface area contributed by atoms with Crippen LogP contribution in [-0.2, 0) is 19.0 Å². The van der Waals surface area contributed by atoms with Gasteiger partial charge in [0.2, 0.25) is 11.4 Å². The molecule has 1 rings (SSSR count). The van der Waals surface area contributed by atoms with Gasteiger partial charge < -0.3 is 39.7 Å². The van der Waals surface area contributed by atoms with Gasteiger partial charge in [0.05, 0.1) is 32.0 Å². The fourth-order valence-corrected chi connectivity index (χ4v) is 2.93. The number of esters is 1. The molecule has 0 saturated heterocycles. The van der Waals surface area contributed by atoms with Crippen molar-refractivity contribution < 1.29 is 44.5 Å². The number of carbonyl (C=O) groups is 1. The fraction of sp³-hybridized carbons (Fsp3) is 0.842. The number of rotatable bonds is 15. The quantitative estimate of drug-likeness (QED) is 0.187. The highest BCUT2D eigenvalue weighted by Gasteiger charge is 2.56. The Labute approximate surface area is 165 Å². The molecule has 2 unspecified atom stereocenters. The zero-order valence-electron chi connectivity index (χ0n) is 16.7. The van der Waals surface area contributed by atoms with Crippen LogP contribution in [0.4, 0.5) is 0 Å². The molecule has 5 N–H and O–H groups in total. The number of aliphatic hydroxyl groups excluding tert-OH is 5. The van der Waals surface area contributed by atoms with E-state index in [9.17, 15) is 30.3 Å². The van der Waals surface area contributed by atoms with Crippen LogP contribution in [0.5, 0.6) is 0 Å². The van der Waals surface area contributed by atoms with Crippen molar-refractivity contribution in [3.05, 3.63) is 11.5 Å². The molecular weight excluding hydrogens is 372 g/mol. The first-order valence-electron chi connectivity index (χ1n) is 9.85. The highest BCUT2D eigenvalue weighted by Crippen LogP contribution is 2.41. The zero-order chi connectivity index (χ0) is 21.2. The Bertz CT molecular complexity index is 508. The lowest BCUT2D eigenvalue weighted by molar-refractivity contribution is -0.171. The van der Waals surface area contributed by atoms with E-state index in [0.29, 0.717) is 12.8 Å². The molecule has 0 fully saturated rings. The molecule has 28 heavy (non-hydrogen) atoms. The molecule has 0 aromatic carbocycles. The van der Waals surface area contributed by atoms with Crippen LogP contribution < -0.4 is 0 Å². The third-order valence-corrected chi connectivity index (χ3v) is 4.57. The van der Waals surface area contributed by atoms with E-state index in [0.717, 1.165) is 19.3 Å². The van der Waals surface area contributed by atoms with Crippen molar-refractivity contribution in [2.75, 3.05) is 26.4 Å². The summed E-state index contributed by atoms with van der Waals surface area (Å²) in [5, 5.41) is 49.0. The van der Waals surface area contributed by atoms with Crippen LogP contribution in [0, 0.1) is 0 Å². The molecule has 0 aromatic rings. The molecule has 0 saturated carbocycles. The van der Waals surface area contributed by atoms with Gasteiger partial charge in [-0.15, -0.1) is 0 Å². The van der Waals surface area contributed by atoms with E-state index >= 15 is 0 Å². The van der Waals surface area contributed by atoms with Gasteiger partial charge in [0, 0.05) is 6.42 Å². The monoisotopic (exact) mass is 406 g/mol. The van der Waals surface area contributed by atoms with Crippen molar-refractivity contribution >= 4 is 5.97 Å². The first-order chi connectivity index (χ1) is 13.4. The summed E-state index contributed by atoms with van der Waals surface area (Å²) in [6.07, 6.45) is -0.448. The maximum Gasteiger partial charge on any atom is 0.378 e. The lowest BCUT2D eigenvalue weighted by atomic mass is 9.88. The van der Waals surface area contributed by atoms with Crippen molar-refractivity contribution in [1.82, 2.24) is 0 Å². The topological polar surface area (TPSA) is 146 Å². The molecule has 0 radical (unpaired) electrons. The van der Waals surface area contributed by atoms with E-state index < -0.39 is 43.1 Å². The van der Waals surface area contributed by atoms with Gasteiger partial charge in [-0.1, -0.05) is 33.1 Å². The van der Waals surface area contributed by atoms with Crippen molar-refractivity contribution in [1.29, 1.82) is 0 Å². The Kier molecular flexibility index (Phi) is 10.8. The Hall–Kier alpha value is -1.39. The lowest BCUT2D eigenvalue weighted by Crippen LogP contribution is -2.50. The summed E-state index contributed by atoms with van der Waals surface area (Å²) in [6.45, 7) is 2.56. The molecule has 0 aliphatic carbocycles. The number of unbranched alkanes of at least 4 members (excludes halogenated alkanes) is 2. The SMILES string of the molecule is CCCCOC1=C(OCC(O)CCCC)C(=O)O[C@]1(CC(O)CO)[C@@H](O)CO. The maximum absolute atomic E-state index is 12.4. The van der Waals surface area contributed by atoms with Crippen LogP contribution in [0.2, 0.25) is 0 Å². The molecule has 9 nitrogen and oxygen atoms in total. The smallest absolute Gasteiger partial charge is 0.378 e. The summed E-state index contributed by atoms with van der Waals surface area (Å²) in [4.78, 5) is 12.4. The van der Waals surface area contributed by atoms with Crippen LogP contribution >= 0.6 is 0 Å². The molecule has 9 heteroatoms. The van der Waals surface area contributed by atoms with Crippen molar-refractivity contribution in [3.63, 3.8) is 0 Å². The summed E-state index contributed by atoms with van der Waals surface area (Å²) in [7, 11) is 0. The predicted octanol–water partition coefficient (Wildman–Crippen LogP) is -0.0255. The Morgan fingerprint density at radius 2 is 1.68 bits per heavy atom. The van der Waals surface area contributed by atoms with Crippen LogP contribution in [0.1, 0.15) is 52.4 Å². The summed E-state index contributed by atoms with van der Waals surface area (Å²) in [5.41, 5.74) is -1.88. The van der Waals surface area contributed by atoms with Gasteiger partial charge in [0.1, 0.15) is 12.7 Å². The third-order valence-electron chi connectivity index (χ3n) is 4.57. The minimum atomic E-state index is -1.88. The Balaban J connectivity index is 3.17. The number of carbonyl (C=O) groups excluding carboxylic acids is 1. The number of aliphatic hydroxyl groups is 5. The van der Waals surface area contributed by atoms with Gasteiger partial charge in [-0.05, 0) is 12.8 Å². The molecule has 4 atom stereocenters. The molecule has 1 heterocycles. The van der Waals surface area contributed by atoms with E-state index in [4.69, 9.17) is 14.2 Å². The molecule has 0 bridgehead atoms. The van der Waals surface area contributed by atoms with Crippen molar-refractivity contribution in [2.24, 2.45) is 0 Å². The summed E-state index contributed by atoms with van der Waals surface area (Å²) in [6, 6.07) is 0. The molecule has 0 amide bonds. The highest BCUT2D eigenvalue weighted by molar-refractivity contribution is 5.90. The first-order valence-corrected chi connectivity index (χ1v) is 9.85. The summed E-state index contributed by atoms with van der Waals surface area (Å²) in [5.74, 6) is -1.36. The number of ether oxygens (including phenoxy) is 3. The Morgan fingerprint density at radius 3 is 2.25 bits per heavy atom. The van der Waals surface area contributed by atoms with Gasteiger partial charge >= 0.3 is 5.97 Å². The van der Waals surface area contributed by atoms with E-state index in [1.54, 1.807) is 0 Å². The normalized spacial score (nSPS) is 22.8. The van der Waals surface area contributed by atoms with Gasteiger partial charge in [0.25, 0.3) is 0 Å². The standard InChI is InChI=1S/C19H34O9/c1-3-5-7-13(22)12-27-16-17(26-8-6-4-2)19(15(24)11-21,28-18(16)25)9-14(23)10-20/h13-15,20-24H,3-12H2,1-2H3/t13?,14?,15-,19+/m0/s1. The average molecular weight is 406 g/mol. The van der Waals surface area contributed by atoms with Crippen LogP contribution in [-0.4, -0.2) is 81.8 Å². The van der Waals surface area contributed by atoms with Crippen molar-refractivity contribution in [3.8, 4) is 0 Å². The zero-order valence-corrected chi connectivity index (χ0v) is 16.7. The average Bonchev–Trinajstić information content (AvgIpc) is 2.95. The fourth-order valence-electron chi connectivity index (χ4n) is 2.93. The largest absolute Gasteiger partial charge is 0.490 e. The first kappa shape index (κ1) is 24.6. The van der Waals surface area contributed by atoms with Gasteiger partial charge in [-0.25, -0.2) is 4.79 Å². The van der Waals surface area contributed by atoms with E-state index in [1.165, 1.54) is 0 Å². The number of hydrogen-bond acceptors (Lipinski definition) is 9. The second-order valence-corrected chi connectivity index (χ2v) is 6.99. The maximum atomic E-state index is 12.4. The Morgan fingerprint density at radius 1 is 1.00 bits per heavy atom. The molecule has 164 valence electrons. The lowest BCUT2D eigenvalue weighted by Gasteiger charge is -2.34. The number of cyclic esters (lactones) is 1. The molecular formula is C19H34O9. The van der Waals surface area contributed by atoms with Crippen molar-refractivity contribution in [2.45, 2.75) is 76.3 Å². The van der Waals surface area contributed by atoms with Crippen LogP contribution in [0.15, 0.2) is 11.5 Å². The van der Waals surface area contributed by atoms with E-state index in [-0.39, 0.29) is 31.2 Å². The van der Waals surface area contributed by atoms with Crippen LogP contribution in [0.25, 0.3) is 0 Å². The van der Waals surface area contributed by atoms with Crippen LogP contribution in [0.3, 0.4) is 0 Å². The third kappa shape index (κ3) is 6.31. The minimum Gasteiger partial charge on any atom is -0.490 e. The van der Waals surface area contributed by atoms with E-state index in [1.807, 2.05) is 13.8 Å². The second kappa shape index (κ2) is 12.2. The van der Waals surface area contributed by atoms with Gasteiger partial charge in [-0.3, -0.25) is 0 Å². The second-order valence-electron chi connectivity index (χ2n) is 6.99. The number of hydrogen-bond donors (Lipinski definition) is 5. The molecule has 1 aliphatic rings. The molecule has 0 spiro atoms. The highest BCUT2D eigenvalue weighted by atomic mass is 16.6. The molecule has 0 aromatic heterocycles. The van der Waals surface area contributed by atoms with E-state index in [2.05, 4.69) is 0 Å². The predicted molar refractivity (Wildman–Crippen MR) is 99.0 cm³/mol. The summed E-state index contributed by atoms with van der Waals surface area (Å²) >= 11 is 0. The van der Waals surface area contributed by atoms with Gasteiger partial charge in [-0.2, -0.15) is 0 Å². The summed E-state index contributed by atoms with van der Waals surface area (Å²) < 4.78 is 16.5.